The van der Waals surface area contributed by atoms with Gasteiger partial charge in [-0.15, -0.1) is 0 Å². The van der Waals surface area contributed by atoms with E-state index >= 15 is 0 Å². The van der Waals surface area contributed by atoms with E-state index in [2.05, 4.69) is 75.9 Å². The SMILES string of the molecule is CCCCCCCCCCCCCCCCN(CCC(=O)NCCCCCCCCCCCC)CCN(CCNCCN(CCC(=O)NCCCCCCCCCCCC)CCC(=O)NCCCCCCCCCCCC)CCC(=O)NCCCCCCCCCC. The lowest BCUT2D eigenvalue weighted by Gasteiger charge is -2.28. The molecule has 0 heterocycles. The predicted octanol–water partition coefficient (Wildman–Crippen LogP) is 19.9. The molecule has 0 aromatic carbocycles. The molecule has 0 aliphatic heterocycles. The van der Waals surface area contributed by atoms with Crippen molar-refractivity contribution in [2.75, 3.05) is 98.2 Å². The highest BCUT2D eigenvalue weighted by Crippen LogP contribution is 2.16. The zero-order valence-electron chi connectivity index (χ0n) is 62.7. The third-order valence-electron chi connectivity index (χ3n) is 19.3. The van der Waals surface area contributed by atoms with Gasteiger partial charge in [-0.25, -0.2) is 0 Å². The molecule has 0 aliphatic rings. The van der Waals surface area contributed by atoms with Gasteiger partial charge in [0.05, 0.1) is 0 Å². The molecular formula is C80H162N8O4. The molecule has 0 fully saturated rings. The minimum atomic E-state index is 0.102. The highest BCUT2D eigenvalue weighted by Gasteiger charge is 2.15. The van der Waals surface area contributed by atoms with Crippen LogP contribution < -0.4 is 26.6 Å². The van der Waals surface area contributed by atoms with E-state index in [1.54, 1.807) is 0 Å². The molecule has 0 aromatic rings. The summed E-state index contributed by atoms with van der Waals surface area (Å²) in [6.45, 7) is 23.0. The molecule has 0 aliphatic carbocycles. The molecule has 0 bridgehead atoms. The van der Waals surface area contributed by atoms with Crippen molar-refractivity contribution in [1.82, 2.24) is 41.3 Å². The monoisotopic (exact) mass is 1300 g/mol. The van der Waals surface area contributed by atoms with Crippen molar-refractivity contribution < 1.29 is 19.2 Å². The molecule has 0 spiro atoms. The van der Waals surface area contributed by atoms with Gasteiger partial charge < -0.3 is 41.3 Å². The average Bonchev–Trinajstić information content (AvgIpc) is 3.71. The van der Waals surface area contributed by atoms with Crippen molar-refractivity contribution in [3.8, 4) is 0 Å². The van der Waals surface area contributed by atoms with Crippen LogP contribution in [0, 0.1) is 0 Å². The van der Waals surface area contributed by atoms with Crippen molar-refractivity contribution in [2.24, 2.45) is 0 Å². The summed E-state index contributed by atoms with van der Waals surface area (Å²) < 4.78 is 0. The van der Waals surface area contributed by atoms with Crippen LogP contribution in [0.4, 0.5) is 0 Å². The van der Waals surface area contributed by atoms with Crippen molar-refractivity contribution in [2.45, 2.75) is 394 Å². The van der Waals surface area contributed by atoms with Gasteiger partial charge in [0.2, 0.25) is 23.6 Å². The number of hydrogen-bond acceptors (Lipinski definition) is 8. The maximum atomic E-state index is 13.4. The summed E-state index contributed by atoms with van der Waals surface area (Å²) in [7, 11) is 0. The standard InChI is InChI=1S/C80H162N8O4/c1-6-11-16-21-26-31-35-36-37-38-42-47-52-57-68-86(69-58-77(89)82-62-54-49-44-39-32-27-22-17-12-7-2)75-76-88(72-61-80(92)85-65-53-48-43-30-25-20-15-10-5)74-67-81-66-73-87(70-59-78(90)83-63-55-50-45-40-33-28-23-18-13-8-3)71-60-79(91)84-64-56-51-46-41-34-29-24-19-14-9-4/h81H,6-76H2,1-5H3,(H,82,89)(H,83,90)(H,84,91)(H,85,92). The number of amides is 4. The zero-order chi connectivity index (χ0) is 66.8. The van der Waals surface area contributed by atoms with Crippen molar-refractivity contribution in [3.63, 3.8) is 0 Å². The normalized spacial score (nSPS) is 11.7. The number of carbonyl (C=O) groups excluding carboxylic acids is 4. The molecule has 12 heteroatoms. The van der Waals surface area contributed by atoms with E-state index < -0.39 is 0 Å². The first-order valence-corrected chi connectivity index (χ1v) is 41.2. The number of rotatable bonds is 78. The molecule has 0 saturated carbocycles. The molecule has 0 radical (unpaired) electrons. The Morgan fingerprint density at radius 1 is 0.185 bits per heavy atom. The Balaban J connectivity index is 5.71. The fourth-order valence-electron chi connectivity index (χ4n) is 12.8. The van der Waals surface area contributed by atoms with E-state index in [0.29, 0.717) is 45.3 Å². The van der Waals surface area contributed by atoms with Crippen molar-refractivity contribution in [1.29, 1.82) is 0 Å². The fourth-order valence-corrected chi connectivity index (χ4v) is 12.8. The first-order valence-electron chi connectivity index (χ1n) is 41.2. The molecule has 546 valence electrons. The van der Waals surface area contributed by atoms with E-state index in [1.165, 1.54) is 302 Å². The summed E-state index contributed by atoms with van der Waals surface area (Å²) in [5, 5.41) is 16.6. The Morgan fingerprint density at radius 2 is 0.359 bits per heavy atom. The molecular weight excluding hydrogens is 1140 g/mol. The van der Waals surface area contributed by atoms with Crippen LogP contribution in [-0.4, -0.2) is 136 Å². The lowest BCUT2D eigenvalue weighted by Crippen LogP contribution is -2.43. The van der Waals surface area contributed by atoms with Gasteiger partial charge in [0.1, 0.15) is 0 Å². The molecule has 0 atom stereocenters. The van der Waals surface area contributed by atoms with Gasteiger partial charge in [-0.05, 0) is 38.6 Å². The van der Waals surface area contributed by atoms with Crippen LogP contribution in [-0.2, 0) is 19.2 Å². The summed E-state index contributed by atoms with van der Waals surface area (Å²) in [5.41, 5.74) is 0. The summed E-state index contributed by atoms with van der Waals surface area (Å²) in [5.74, 6) is 0.514. The quantitative estimate of drug-likeness (QED) is 0.0380. The smallest absolute Gasteiger partial charge is 0.221 e. The summed E-state index contributed by atoms with van der Waals surface area (Å²) in [6.07, 6.45) is 69.3. The maximum absolute atomic E-state index is 13.4. The number of nitrogens with one attached hydrogen (secondary N) is 5. The minimum Gasteiger partial charge on any atom is -0.356 e. The Morgan fingerprint density at radius 3 is 0.576 bits per heavy atom. The van der Waals surface area contributed by atoms with E-state index in [0.717, 1.165) is 111 Å². The van der Waals surface area contributed by atoms with Crippen LogP contribution in [0.1, 0.15) is 394 Å². The largest absolute Gasteiger partial charge is 0.356 e. The van der Waals surface area contributed by atoms with Crippen LogP contribution >= 0.6 is 0 Å². The van der Waals surface area contributed by atoms with E-state index in [1.807, 2.05) is 0 Å². The third kappa shape index (κ3) is 70.5. The van der Waals surface area contributed by atoms with E-state index in [-0.39, 0.29) is 23.6 Å². The van der Waals surface area contributed by atoms with E-state index in [4.69, 9.17) is 0 Å². The Labute approximate surface area is 573 Å². The topological polar surface area (TPSA) is 138 Å². The van der Waals surface area contributed by atoms with Crippen LogP contribution in [0.3, 0.4) is 0 Å². The second-order valence-electron chi connectivity index (χ2n) is 28.3. The highest BCUT2D eigenvalue weighted by atomic mass is 16.2. The van der Waals surface area contributed by atoms with Crippen LogP contribution in [0.25, 0.3) is 0 Å². The summed E-state index contributed by atoms with van der Waals surface area (Å²) >= 11 is 0. The third-order valence-corrected chi connectivity index (χ3v) is 19.3. The molecule has 0 unspecified atom stereocenters. The first kappa shape index (κ1) is 89.7. The van der Waals surface area contributed by atoms with Gasteiger partial charge in [0, 0.05) is 117 Å². The lowest BCUT2D eigenvalue weighted by atomic mass is 10.0. The zero-order valence-corrected chi connectivity index (χ0v) is 62.7. The highest BCUT2D eigenvalue weighted by molar-refractivity contribution is 5.77. The minimum absolute atomic E-state index is 0.102. The molecule has 92 heavy (non-hydrogen) atoms. The summed E-state index contributed by atoms with van der Waals surface area (Å²) in [6, 6.07) is 0. The molecule has 4 amide bonds. The lowest BCUT2D eigenvalue weighted by molar-refractivity contribution is -0.122. The second kappa shape index (κ2) is 76.1. The molecule has 12 nitrogen and oxygen atoms in total. The van der Waals surface area contributed by atoms with Gasteiger partial charge in [0.15, 0.2) is 0 Å². The number of unbranched alkanes of at least 4 members (excludes halogenated alkanes) is 47. The van der Waals surface area contributed by atoms with E-state index in [9.17, 15) is 19.2 Å². The Kier molecular flexibility index (Phi) is 74.2. The van der Waals surface area contributed by atoms with Crippen molar-refractivity contribution in [3.05, 3.63) is 0 Å². The molecule has 0 saturated heterocycles. The average molecular weight is 1300 g/mol. The van der Waals surface area contributed by atoms with Gasteiger partial charge in [-0.1, -0.05) is 336 Å². The van der Waals surface area contributed by atoms with Gasteiger partial charge >= 0.3 is 0 Å². The van der Waals surface area contributed by atoms with Gasteiger partial charge in [0.25, 0.3) is 0 Å². The number of carbonyl (C=O) groups is 4. The van der Waals surface area contributed by atoms with Crippen LogP contribution in [0.2, 0.25) is 0 Å². The predicted molar refractivity (Wildman–Crippen MR) is 401 cm³/mol. The number of nitrogens with zero attached hydrogens (tertiary/aromatic N) is 3. The summed E-state index contributed by atoms with van der Waals surface area (Å²) in [4.78, 5) is 60.3. The maximum Gasteiger partial charge on any atom is 0.221 e. The Hall–Kier alpha value is -2.28. The number of hydrogen-bond donors (Lipinski definition) is 5. The molecule has 0 rings (SSSR count). The van der Waals surface area contributed by atoms with Crippen LogP contribution in [0.5, 0.6) is 0 Å². The van der Waals surface area contributed by atoms with Crippen LogP contribution in [0.15, 0.2) is 0 Å². The second-order valence-corrected chi connectivity index (χ2v) is 28.3. The van der Waals surface area contributed by atoms with Gasteiger partial charge in [-0.2, -0.15) is 0 Å². The first-order chi connectivity index (χ1) is 45.3. The van der Waals surface area contributed by atoms with Gasteiger partial charge in [-0.3, -0.25) is 19.2 Å². The molecule has 0 aromatic heterocycles. The Bertz CT molecular complexity index is 1480. The molecule has 5 N–H and O–H groups in total. The van der Waals surface area contributed by atoms with Crippen molar-refractivity contribution >= 4 is 23.6 Å². The fraction of sp³-hybridized carbons (Fsp3) is 0.950.